The number of amides is 2. The van der Waals surface area contributed by atoms with Crippen molar-refractivity contribution >= 4 is 66.8 Å². The number of esters is 1. The van der Waals surface area contributed by atoms with E-state index in [2.05, 4.69) is 31.9 Å². The summed E-state index contributed by atoms with van der Waals surface area (Å²) in [5.74, 6) is -1.29. The second kappa shape index (κ2) is 8.45. The zero-order valence-electron chi connectivity index (χ0n) is 14.0. The van der Waals surface area contributed by atoms with Gasteiger partial charge in [-0.25, -0.2) is 0 Å². The maximum Gasteiger partial charge on any atom is 0.326 e. The van der Waals surface area contributed by atoms with Gasteiger partial charge >= 0.3 is 5.97 Å². The summed E-state index contributed by atoms with van der Waals surface area (Å²) in [4.78, 5) is 37.2. The molecule has 140 valence electrons. The number of aromatic hydroxyl groups is 1. The molecule has 2 amide bonds. The number of halogens is 2. The van der Waals surface area contributed by atoms with Crippen LogP contribution in [0.5, 0.6) is 11.5 Å². The fraction of sp³-hybridized carbons (Fsp3) is 0.312. The van der Waals surface area contributed by atoms with Crippen LogP contribution in [0.2, 0.25) is 0 Å². The Balaban J connectivity index is 2.34. The van der Waals surface area contributed by atoms with Crippen LogP contribution in [0, 0.1) is 0 Å². The predicted octanol–water partition coefficient (Wildman–Crippen LogP) is 3.91. The van der Waals surface area contributed by atoms with Gasteiger partial charge in [-0.3, -0.25) is 19.3 Å². The Hall–Kier alpha value is -1.52. The first-order chi connectivity index (χ1) is 12.1. The molecular weight excluding hydrogens is 494 g/mol. The number of nitrogens with zero attached hydrogens (tertiary/aromatic N) is 1. The van der Waals surface area contributed by atoms with Crippen LogP contribution in [0.4, 0.5) is 4.79 Å². The largest absolute Gasteiger partial charge is 0.504 e. The monoisotopic (exact) mass is 507 g/mol. The highest BCUT2D eigenvalue weighted by Crippen LogP contribution is 2.43. The van der Waals surface area contributed by atoms with E-state index in [-0.39, 0.29) is 28.1 Å². The van der Waals surface area contributed by atoms with Crippen molar-refractivity contribution in [3.8, 4) is 11.5 Å². The molecule has 1 aromatic carbocycles. The van der Waals surface area contributed by atoms with Gasteiger partial charge in [0.05, 0.1) is 18.1 Å². The Morgan fingerprint density at radius 2 is 2.04 bits per heavy atom. The second-order valence-corrected chi connectivity index (χ2v) is 8.08. The molecule has 0 atom stereocenters. The molecule has 1 N–H and O–H groups in total. The Bertz CT molecular complexity index is 808. The lowest BCUT2D eigenvalue weighted by atomic mass is 10.1. The molecule has 1 aliphatic heterocycles. The Morgan fingerprint density at radius 1 is 1.38 bits per heavy atom. The lowest BCUT2D eigenvalue weighted by Gasteiger charge is -2.13. The highest BCUT2D eigenvalue weighted by atomic mass is 79.9. The summed E-state index contributed by atoms with van der Waals surface area (Å²) in [7, 11) is 1.40. The van der Waals surface area contributed by atoms with Gasteiger partial charge in [-0.1, -0.05) is 0 Å². The number of rotatable bonds is 5. The fourth-order valence-corrected chi connectivity index (χ4v) is 3.75. The smallest absolute Gasteiger partial charge is 0.326 e. The third-order valence-electron chi connectivity index (χ3n) is 3.22. The SMILES string of the molecule is COc1cc(Br)c(Br)c(/C=C2\SC(=O)N(CC(=O)OC(C)C)C2=O)c1O. The number of phenolic OH excluding ortho intramolecular Hbond substituents is 1. The molecule has 0 bridgehead atoms. The summed E-state index contributed by atoms with van der Waals surface area (Å²) in [5.41, 5.74) is 0.270. The van der Waals surface area contributed by atoms with Crippen molar-refractivity contribution < 1.29 is 29.0 Å². The molecule has 0 radical (unpaired) electrons. The molecule has 10 heteroatoms. The molecule has 26 heavy (non-hydrogen) atoms. The summed E-state index contributed by atoms with van der Waals surface area (Å²) in [6.07, 6.45) is 1.02. The van der Waals surface area contributed by atoms with Crippen LogP contribution in [0.15, 0.2) is 19.9 Å². The van der Waals surface area contributed by atoms with Crippen molar-refractivity contribution in [1.29, 1.82) is 0 Å². The molecule has 0 spiro atoms. The summed E-state index contributed by atoms with van der Waals surface area (Å²) in [6.45, 7) is 2.88. The minimum absolute atomic E-state index is 0.0727. The number of methoxy groups -OCH3 is 1. The molecule has 7 nitrogen and oxygen atoms in total. The van der Waals surface area contributed by atoms with Gasteiger partial charge < -0.3 is 14.6 Å². The molecule has 0 aliphatic carbocycles. The van der Waals surface area contributed by atoms with Crippen LogP contribution in [0.25, 0.3) is 6.08 Å². The molecule has 1 aliphatic rings. The Labute approximate surface area is 171 Å². The highest BCUT2D eigenvalue weighted by Gasteiger charge is 2.37. The first kappa shape index (κ1) is 20.8. The van der Waals surface area contributed by atoms with Crippen molar-refractivity contribution in [2.45, 2.75) is 20.0 Å². The van der Waals surface area contributed by atoms with Crippen molar-refractivity contribution in [2.24, 2.45) is 0 Å². The minimum atomic E-state index is -0.670. The van der Waals surface area contributed by atoms with Crippen LogP contribution in [0.3, 0.4) is 0 Å². The molecule has 0 aromatic heterocycles. The van der Waals surface area contributed by atoms with Crippen molar-refractivity contribution in [3.05, 3.63) is 25.5 Å². The third-order valence-corrected chi connectivity index (χ3v) is 6.13. The molecule has 2 rings (SSSR count). The van der Waals surface area contributed by atoms with E-state index in [0.717, 1.165) is 4.90 Å². The quantitative estimate of drug-likeness (QED) is 0.476. The summed E-state index contributed by atoms with van der Waals surface area (Å²) >= 11 is 7.31. The number of benzene rings is 1. The van der Waals surface area contributed by atoms with Gasteiger partial charge in [0.15, 0.2) is 11.5 Å². The zero-order valence-corrected chi connectivity index (χ0v) is 18.0. The van der Waals surface area contributed by atoms with Crippen LogP contribution >= 0.6 is 43.6 Å². The number of phenols is 1. The predicted molar refractivity (Wildman–Crippen MR) is 104 cm³/mol. The van der Waals surface area contributed by atoms with Crippen LogP contribution < -0.4 is 4.74 Å². The average Bonchev–Trinajstić information content (AvgIpc) is 2.81. The first-order valence-electron chi connectivity index (χ1n) is 7.35. The molecule has 1 heterocycles. The third kappa shape index (κ3) is 4.41. The van der Waals surface area contributed by atoms with Gasteiger partial charge in [0.25, 0.3) is 11.1 Å². The van der Waals surface area contributed by atoms with E-state index in [0.29, 0.717) is 20.7 Å². The van der Waals surface area contributed by atoms with Gasteiger partial charge in [0, 0.05) is 14.5 Å². The van der Waals surface area contributed by atoms with Crippen LogP contribution in [-0.2, 0) is 14.3 Å². The van der Waals surface area contributed by atoms with E-state index in [1.807, 2.05) is 0 Å². The lowest BCUT2D eigenvalue weighted by Crippen LogP contribution is -2.35. The number of imide groups is 1. The lowest BCUT2D eigenvalue weighted by molar-refractivity contribution is -0.149. The number of carbonyl (C=O) groups is 3. The minimum Gasteiger partial charge on any atom is -0.504 e. The number of thioether (sulfide) groups is 1. The molecule has 1 aromatic rings. The van der Waals surface area contributed by atoms with E-state index in [4.69, 9.17) is 9.47 Å². The van der Waals surface area contributed by atoms with Gasteiger partial charge in [-0.05, 0) is 69.6 Å². The van der Waals surface area contributed by atoms with Crippen molar-refractivity contribution in [1.82, 2.24) is 4.90 Å². The van der Waals surface area contributed by atoms with E-state index >= 15 is 0 Å². The van der Waals surface area contributed by atoms with Crippen molar-refractivity contribution in [2.75, 3.05) is 13.7 Å². The van der Waals surface area contributed by atoms with Gasteiger partial charge in [-0.15, -0.1) is 0 Å². The maximum absolute atomic E-state index is 12.5. The molecular formula is C16H15Br2NO6S. The van der Waals surface area contributed by atoms with E-state index in [1.54, 1.807) is 19.9 Å². The van der Waals surface area contributed by atoms with E-state index in [9.17, 15) is 19.5 Å². The molecule has 1 fully saturated rings. The van der Waals surface area contributed by atoms with Crippen LogP contribution in [-0.4, -0.2) is 46.9 Å². The molecule has 0 unspecified atom stereocenters. The van der Waals surface area contributed by atoms with E-state index in [1.165, 1.54) is 13.2 Å². The summed E-state index contributed by atoms with van der Waals surface area (Å²) < 4.78 is 11.1. The normalized spacial score (nSPS) is 15.9. The Kier molecular flexibility index (Phi) is 6.75. The summed E-state index contributed by atoms with van der Waals surface area (Å²) in [5, 5.41) is 9.72. The number of hydrogen-bond acceptors (Lipinski definition) is 7. The second-order valence-electron chi connectivity index (χ2n) is 5.44. The van der Waals surface area contributed by atoms with Crippen LogP contribution in [0.1, 0.15) is 19.4 Å². The van der Waals surface area contributed by atoms with Gasteiger partial charge in [0.2, 0.25) is 0 Å². The molecule has 1 saturated heterocycles. The summed E-state index contributed by atoms with van der Waals surface area (Å²) in [6, 6.07) is 1.56. The fourth-order valence-electron chi connectivity index (χ4n) is 2.10. The number of carbonyl (C=O) groups excluding carboxylic acids is 3. The topological polar surface area (TPSA) is 93.1 Å². The van der Waals surface area contributed by atoms with E-state index < -0.39 is 23.7 Å². The number of hydrogen-bond donors (Lipinski definition) is 1. The Morgan fingerprint density at radius 3 is 2.62 bits per heavy atom. The highest BCUT2D eigenvalue weighted by molar-refractivity contribution is 9.13. The number of ether oxygens (including phenoxy) is 2. The maximum atomic E-state index is 12.5. The molecule has 0 saturated carbocycles. The first-order valence-corrected chi connectivity index (χ1v) is 9.75. The van der Waals surface area contributed by atoms with Gasteiger partial charge in [0.1, 0.15) is 6.54 Å². The van der Waals surface area contributed by atoms with Gasteiger partial charge in [-0.2, -0.15) is 0 Å². The van der Waals surface area contributed by atoms with Crippen molar-refractivity contribution in [3.63, 3.8) is 0 Å². The standard InChI is InChI=1S/C16H15Br2NO6S/c1-7(2)25-12(20)6-19-15(22)11(26-16(19)23)4-8-13(18)9(17)5-10(24-3)14(8)21/h4-5,7,21H,6H2,1-3H3/b11-4-. The average molecular weight is 509 g/mol. The zero-order chi connectivity index (χ0) is 19.6.